The number of carbonyl (C=O) groups is 4. The lowest BCUT2D eigenvalue weighted by molar-refractivity contribution is -0.131. The monoisotopic (exact) mass is 498 g/mol. The van der Waals surface area contributed by atoms with Gasteiger partial charge in [0, 0.05) is 6.54 Å². The zero-order valence-corrected chi connectivity index (χ0v) is 21.2. The van der Waals surface area contributed by atoms with Gasteiger partial charge in [-0.2, -0.15) is 0 Å². The second-order valence-electron chi connectivity index (χ2n) is 9.58. The number of aldehydes is 1. The maximum absolute atomic E-state index is 12.5. The molecule has 1 aliphatic rings. The van der Waals surface area contributed by atoms with Crippen molar-refractivity contribution in [1.82, 2.24) is 16.0 Å². The number of ether oxygens (including phenoxy) is 1. The summed E-state index contributed by atoms with van der Waals surface area (Å²) in [7, 11) is 0. The number of hydrogen-bond acceptors (Lipinski definition) is 7. The standard InChI is InChI=1S/C23H42N6O6/c1-13(2)17-8-7-14(3)10-19(17)35-23(34)29-18(12-31)21(33)27-15(4)20(32)28-16(11-30)6-5-9-26-22(24)25/h11,13-19,31H,5-10,12H2,1-4H3,(H,27,33)(H,28,32)(H,29,34)(H4,24,25,26)/t14-,15-,16?,17?,18?,19-/m0/s1. The Hall–Kier alpha value is -2.89. The molecular formula is C23H42N6O6. The predicted molar refractivity (Wildman–Crippen MR) is 131 cm³/mol. The molecule has 0 radical (unpaired) electrons. The van der Waals surface area contributed by atoms with Crippen molar-refractivity contribution in [3.05, 3.63) is 0 Å². The molecule has 1 fully saturated rings. The first-order chi connectivity index (χ1) is 16.5. The molecule has 0 bridgehead atoms. The topological polar surface area (TPSA) is 198 Å². The van der Waals surface area contributed by atoms with E-state index in [9.17, 15) is 24.3 Å². The first-order valence-electron chi connectivity index (χ1n) is 12.2. The Balaban J connectivity index is 2.57. The largest absolute Gasteiger partial charge is 0.446 e. The number of aliphatic imine (C=N–C) groups is 1. The summed E-state index contributed by atoms with van der Waals surface area (Å²) in [5.74, 6) is -0.393. The van der Waals surface area contributed by atoms with Crippen LogP contribution in [0, 0.1) is 17.8 Å². The van der Waals surface area contributed by atoms with Gasteiger partial charge in [-0.15, -0.1) is 0 Å². The summed E-state index contributed by atoms with van der Waals surface area (Å²) in [6.07, 6.45) is 3.10. The van der Waals surface area contributed by atoms with Gasteiger partial charge < -0.3 is 42.1 Å². The van der Waals surface area contributed by atoms with Crippen molar-refractivity contribution in [2.75, 3.05) is 13.2 Å². The fourth-order valence-electron chi connectivity index (χ4n) is 4.14. The second kappa shape index (κ2) is 15.2. The van der Waals surface area contributed by atoms with Crippen LogP contribution in [0.25, 0.3) is 0 Å². The maximum atomic E-state index is 12.5. The smallest absolute Gasteiger partial charge is 0.408 e. The Kier molecular flexibility index (Phi) is 13.1. The molecule has 0 aromatic rings. The van der Waals surface area contributed by atoms with E-state index in [-0.39, 0.29) is 18.0 Å². The van der Waals surface area contributed by atoms with Gasteiger partial charge in [0.25, 0.3) is 0 Å². The molecule has 0 aliphatic heterocycles. The lowest BCUT2D eigenvalue weighted by Gasteiger charge is -2.36. The van der Waals surface area contributed by atoms with E-state index < -0.39 is 42.6 Å². The molecule has 35 heavy (non-hydrogen) atoms. The van der Waals surface area contributed by atoms with Crippen molar-refractivity contribution in [1.29, 1.82) is 0 Å². The fraction of sp³-hybridized carbons (Fsp3) is 0.783. The lowest BCUT2D eigenvalue weighted by Crippen LogP contribution is -2.55. The van der Waals surface area contributed by atoms with Gasteiger partial charge in [0.05, 0.1) is 12.6 Å². The van der Waals surface area contributed by atoms with E-state index in [1.165, 1.54) is 6.92 Å². The highest BCUT2D eigenvalue weighted by atomic mass is 16.6. The molecule has 0 spiro atoms. The van der Waals surface area contributed by atoms with E-state index in [0.29, 0.717) is 37.5 Å². The molecule has 12 nitrogen and oxygen atoms in total. The van der Waals surface area contributed by atoms with Gasteiger partial charge in [0.15, 0.2) is 5.96 Å². The van der Waals surface area contributed by atoms with Crippen LogP contribution in [0.1, 0.15) is 59.8 Å². The van der Waals surface area contributed by atoms with Crippen molar-refractivity contribution in [2.24, 2.45) is 34.2 Å². The van der Waals surface area contributed by atoms with Gasteiger partial charge in [-0.05, 0) is 50.4 Å². The Morgan fingerprint density at radius 1 is 1.11 bits per heavy atom. The van der Waals surface area contributed by atoms with Gasteiger partial charge in [-0.25, -0.2) is 4.79 Å². The van der Waals surface area contributed by atoms with Crippen molar-refractivity contribution in [3.63, 3.8) is 0 Å². The van der Waals surface area contributed by atoms with Crippen molar-refractivity contribution in [3.8, 4) is 0 Å². The molecule has 3 unspecified atom stereocenters. The van der Waals surface area contributed by atoms with E-state index in [0.717, 1.165) is 19.3 Å². The molecule has 12 heteroatoms. The molecule has 200 valence electrons. The molecule has 0 saturated heterocycles. The third kappa shape index (κ3) is 10.9. The number of amides is 3. The number of nitrogens with one attached hydrogen (secondary N) is 3. The van der Waals surface area contributed by atoms with Gasteiger partial charge in [-0.3, -0.25) is 14.6 Å². The van der Waals surface area contributed by atoms with Crippen LogP contribution in [0.2, 0.25) is 0 Å². The van der Waals surface area contributed by atoms with Gasteiger partial charge >= 0.3 is 6.09 Å². The average molecular weight is 499 g/mol. The number of aliphatic hydroxyl groups is 1. The molecule has 6 atom stereocenters. The van der Waals surface area contributed by atoms with Crippen LogP contribution in [-0.4, -0.2) is 72.6 Å². The van der Waals surface area contributed by atoms with E-state index in [1.807, 2.05) is 0 Å². The number of carbonyl (C=O) groups excluding carboxylic acids is 4. The summed E-state index contributed by atoms with van der Waals surface area (Å²) < 4.78 is 5.62. The average Bonchev–Trinajstić information content (AvgIpc) is 2.78. The predicted octanol–water partition coefficient (Wildman–Crippen LogP) is -0.224. The molecule has 0 heterocycles. The summed E-state index contributed by atoms with van der Waals surface area (Å²) in [6, 6.07) is -3.08. The van der Waals surface area contributed by atoms with E-state index >= 15 is 0 Å². The van der Waals surface area contributed by atoms with Crippen LogP contribution in [0.5, 0.6) is 0 Å². The summed E-state index contributed by atoms with van der Waals surface area (Å²) >= 11 is 0. The van der Waals surface area contributed by atoms with Gasteiger partial charge in [0.1, 0.15) is 24.5 Å². The van der Waals surface area contributed by atoms with E-state index in [4.69, 9.17) is 16.2 Å². The first kappa shape index (κ1) is 30.1. The molecule has 1 aliphatic carbocycles. The minimum absolute atomic E-state index is 0.0583. The Bertz CT molecular complexity index is 742. The van der Waals surface area contributed by atoms with Crippen molar-refractivity contribution in [2.45, 2.75) is 84.0 Å². The number of hydrogen-bond donors (Lipinski definition) is 6. The maximum Gasteiger partial charge on any atom is 0.408 e. The molecule has 1 rings (SSSR count). The quantitative estimate of drug-likeness (QED) is 0.0866. The van der Waals surface area contributed by atoms with Crippen LogP contribution in [0.4, 0.5) is 4.79 Å². The van der Waals surface area contributed by atoms with E-state index in [2.05, 4.69) is 41.7 Å². The molecular weight excluding hydrogens is 456 g/mol. The minimum Gasteiger partial charge on any atom is -0.446 e. The Morgan fingerprint density at radius 2 is 1.80 bits per heavy atom. The number of aliphatic hydroxyl groups excluding tert-OH is 1. The summed E-state index contributed by atoms with van der Waals surface area (Å²) in [4.78, 5) is 52.5. The lowest BCUT2D eigenvalue weighted by atomic mass is 9.75. The third-order valence-corrected chi connectivity index (χ3v) is 6.22. The van der Waals surface area contributed by atoms with E-state index in [1.54, 1.807) is 0 Å². The molecule has 1 saturated carbocycles. The number of alkyl carbamates (subject to hydrolysis) is 1. The zero-order chi connectivity index (χ0) is 26.5. The highest BCUT2D eigenvalue weighted by Crippen LogP contribution is 2.35. The number of guanidine groups is 1. The van der Waals surface area contributed by atoms with Gasteiger partial charge in [0.2, 0.25) is 11.8 Å². The number of rotatable bonds is 13. The summed E-state index contributed by atoms with van der Waals surface area (Å²) in [5.41, 5.74) is 10.5. The van der Waals surface area contributed by atoms with Crippen LogP contribution in [-0.2, 0) is 19.1 Å². The number of nitrogens with zero attached hydrogens (tertiary/aromatic N) is 1. The van der Waals surface area contributed by atoms with Crippen LogP contribution in [0.15, 0.2) is 4.99 Å². The van der Waals surface area contributed by atoms with Crippen LogP contribution >= 0.6 is 0 Å². The van der Waals surface area contributed by atoms with Crippen LogP contribution < -0.4 is 27.4 Å². The first-order valence-corrected chi connectivity index (χ1v) is 12.2. The van der Waals surface area contributed by atoms with Crippen molar-refractivity contribution < 1.29 is 29.0 Å². The molecule has 8 N–H and O–H groups in total. The molecule has 0 aromatic heterocycles. The van der Waals surface area contributed by atoms with Gasteiger partial charge in [-0.1, -0.05) is 27.2 Å². The molecule has 3 amide bonds. The van der Waals surface area contributed by atoms with Crippen LogP contribution in [0.3, 0.4) is 0 Å². The summed E-state index contributed by atoms with van der Waals surface area (Å²) in [6.45, 7) is 7.35. The highest BCUT2D eigenvalue weighted by Gasteiger charge is 2.34. The number of nitrogens with two attached hydrogens (primary N) is 2. The third-order valence-electron chi connectivity index (χ3n) is 6.22. The fourth-order valence-corrected chi connectivity index (χ4v) is 4.14. The Morgan fingerprint density at radius 3 is 2.37 bits per heavy atom. The SMILES string of the molecule is CC(C)C1CC[C@H](C)C[C@@H]1OC(=O)NC(CO)C(=O)N[C@@H](C)C(=O)NC(C=O)CCCN=C(N)N. The van der Waals surface area contributed by atoms with Crippen molar-refractivity contribution >= 4 is 30.2 Å². The minimum atomic E-state index is -1.29. The normalized spacial score (nSPS) is 22.3. The Labute approximate surface area is 207 Å². The zero-order valence-electron chi connectivity index (χ0n) is 21.2. The molecule has 0 aromatic carbocycles. The second-order valence-corrected chi connectivity index (χ2v) is 9.58. The highest BCUT2D eigenvalue weighted by molar-refractivity contribution is 5.91. The summed E-state index contributed by atoms with van der Waals surface area (Å²) in [5, 5.41) is 17.0.